The molecule has 2 aliphatic rings. The minimum Gasteiger partial charge on any atom is -0.326 e. The van der Waals surface area contributed by atoms with Gasteiger partial charge in [-0.1, -0.05) is 6.92 Å². The summed E-state index contributed by atoms with van der Waals surface area (Å²) in [6, 6.07) is 0. The summed E-state index contributed by atoms with van der Waals surface area (Å²) in [7, 11) is 0. The molecule has 2 heterocycles. The number of carbonyl (C=O) groups excluding carboxylic acids is 2. The number of amides is 2. The van der Waals surface area contributed by atoms with Crippen molar-refractivity contribution < 1.29 is 9.59 Å². The number of rotatable bonds is 2. The van der Waals surface area contributed by atoms with Crippen LogP contribution in [0.4, 0.5) is 5.82 Å². The zero-order chi connectivity index (χ0) is 12.9. The Morgan fingerprint density at radius 1 is 1.39 bits per heavy atom. The zero-order valence-corrected chi connectivity index (χ0v) is 10.2. The predicted octanol–water partition coefficient (Wildman–Crippen LogP) is 0.404. The Hall–Kier alpha value is -1.69. The highest BCUT2D eigenvalue weighted by Gasteiger charge is 2.52. The number of aromatic amines is 1. The van der Waals surface area contributed by atoms with E-state index in [1.165, 1.54) is 4.90 Å². The van der Waals surface area contributed by atoms with Crippen molar-refractivity contribution >= 4 is 17.6 Å². The number of hydrogen-bond donors (Lipinski definition) is 2. The van der Waals surface area contributed by atoms with E-state index >= 15 is 0 Å². The lowest BCUT2D eigenvalue weighted by Gasteiger charge is -2.16. The second kappa shape index (κ2) is 3.91. The van der Waals surface area contributed by atoms with Gasteiger partial charge in [-0.2, -0.15) is 5.10 Å². The molecule has 1 aliphatic carbocycles. The van der Waals surface area contributed by atoms with E-state index in [0.717, 1.165) is 12.8 Å². The number of nitrogens with zero attached hydrogens (tertiary/aromatic N) is 2. The van der Waals surface area contributed by atoms with Crippen LogP contribution >= 0.6 is 0 Å². The van der Waals surface area contributed by atoms with Gasteiger partial charge in [0.2, 0.25) is 11.8 Å². The van der Waals surface area contributed by atoms with Gasteiger partial charge in [0.1, 0.15) is 5.82 Å². The smallest absolute Gasteiger partial charge is 0.238 e. The van der Waals surface area contributed by atoms with Crippen LogP contribution in [0.5, 0.6) is 0 Å². The standard InChI is InChI=1S/C12H16N4O2/c1-6-2-8-9(3-6)12(18)16(11(8)17)10-7(4-13)5-14-15-10/h5-6,8-9H,2-4,13H2,1H3,(H,14,15). The van der Waals surface area contributed by atoms with E-state index < -0.39 is 0 Å². The molecule has 1 saturated carbocycles. The van der Waals surface area contributed by atoms with E-state index in [4.69, 9.17) is 5.73 Å². The lowest BCUT2D eigenvalue weighted by molar-refractivity contribution is -0.123. The summed E-state index contributed by atoms with van der Waals surface area (Å²) >= 11 is 0. The molecule has 2 fully saturated rings. The highest BCUT2D eigenvalue weighted by Crippen LogP contribution is 2.44. The van der Waals surface area contributed by atoms with E-state index in [-0.39, 0.29) is 30.2 Å². The molecule has 6 nitrogen and oxygen atoms in total. The minimum absolute atomic E-state index is 0.103. The van der Waals surface area contributed by atoms with E-state index in [2.05, 4.69) is 17.1 Å². The van der Waals surface area contributed by atoms with Crippen molar-refractivity contribution in [1.82, 2.24) is 10.2 Å². The zero-order valence-electron chi connectivity index (χ0n) is 10.2. The van der Waals surface area contributed by atoms with Crippen molar-refractivity contribution in [3.63, 3.8) is 0 Å². The van der Waals surface area contributed by atoms with Gasteiger partial charge in [0.05, 0.1) is 18.0 Å². The van der Waals surface area contributed by atoms with Crippen LogP contribution in [0.3, 0.4) is 0 Å². The number of fused-ring (bicyclic) bond motifs is 1. The molecule has 6 heteroatoms. The van der Waals surface area contributed by atoms with Gasteiger partial charge in [-0.15, -0.1) is 0 Å². The van der Waals surface area contributed by atoms with Crippen LogP contribution in [-0.4, -0.2) is 22.0 Å². The Morgan fingerprint density at radius 3 is 2.56 bits per heavy atom. The molecule has 1 aromatic heterocycles. The van der Waals surface area contributed by atoms with Gasteiger partial charge >= 0.3 is 0 Å². The van der Waals surface area contributed by atoms with Gasteiger partial charge in [0, 0.05) is 12.1 Å². The fourth-order valence-electron chi connectivity index (χ4n) is 3.15. The summed E-state index contributed by atoms with van der Waals surface area (Å²) in [5.74, 6) is 0.393. The van der Waals surface area contributed by atoms with E-state index in [1.54, 1.807) is 6.20 Å². The average Bonchev–Trinajstić information content (AvgIpc) is 2.99. The van der Waals surface area contributed by atoms with Crippen LogP contribution < -0.4 is 10.6 Å². The van der Waals surface area contributed by atoms with Crippen LogP contribution in [0.25, 0.3) is 0 Å². The first kappa shape index (κ1) is 11.4. The van der Waals surface area contributed by atoms with E-state index in [0.29, 0.717) is 17.3 Å². The van der Waals surface area contributed by atoms with Crippen molar-refractivity contribution in [2.45, 2.75) is 26.3 Å². The maximum Gasteiger partial charge on any atom is 0.238 e. The Balaban J connectivity index is 1.96. The van der Waals surface area contributed by atoms with E-state index in [9.17, 15) is 9.59 Å². The molecule has 2 amide bonds. The van der Waals surface area contributed by atoms with Crippen molar-refractivity contribution in [2.75, 3.05) is 4.90 Å². The summed E-state index contributed by atoms with van der Waals surface area (Å²) < 4.78 is 0. The molecule has 3 N–H and O–H groups in total. The third-order valence-corrected chi connectivity index (χ3v) is 4.01. The number of aromatic nitrogens is 2. The molecule has 0 bridgehead atoms. The first-order chi connectivity index (χ1) is 8.63. The number of nitrogens with two attached hydrogens (primary N) is 1. The van der Waals surface area contributed by atoms with Gasteiger partial charge in [-0.05, 0) is 18.8 Å². The molecule has 18 heavy (non-hydrogen) atoms. The van der Waals surface area contributed by atoms with Gasteiger partial charge in [0.15, 0.2) is 0 Å². The Morgan fingerprint density at radius 2 is 2.00 bits per heavy atom. The van der Waals surface area contributed by atoms with Crippen LogP contribution in [0.1, 0.15) is 25.3 Å². The first-order valence-electron chi connectivity index (χ1n) is 6.23. The van der Waals surface area contributed by atoms with Crippen molar-refractivity contribution in [3.8, 4) is 0 Å². The van der Waals surface area contributed by atoms with E-state index in [1.807, 2.05) is 0 Å². The Kier molecular flexibility index (Phi) is 2.48. The van der Waals surface area contributed by atoms with Gasteiger partial charge < -0.3 is 5.73 Å². The fraction of sp³-hybridized carbons (Fsp3) is 0.583. The number of hydrogen-bond acceptors (Lipinski definition) is 4. The molecule has 0 aromatic carbocycles. The third kappa shape index (κ3) is 1.42. The molecule has 0 spiro atoms. The Labute approximate surface area is 105 Å². The lowest BCUT2D eigenvalue weighted by atomic mass is 10.00. The second-order valence-electron chi connectivity index (χ2n) is 5.25. The average molecular weight is 248 g/mol. The maximum atomic E-state index is 12.3. The number of H-pyrrole nitrogens is 1. The molecular weight excluding hydrogens is 232 g/mol. The van der Waals surface area contributed by atoms with Crippen LogP contribution in [-0.2, 0) is 16.1 Å². The fourth-order valence-corrected chi connectivity index (χ4v) is 3.15. The third-order valence-electron chi connectivity index (χ3n) is 4.01. The summed E-state index contributed by atoms with van der Waals surface area (Å²) in [6.07, 6.45) is 3.17. The summed E-state index contributed by atoms with van der Waals surface area (Å²) in [4.78, 5) is 25.9. The molecule has 3 rings (SSSR count). The van der Waals surface area contributed by atoms with Crippen LogP contribution in [0.15, 0.2) is 6.20 Å². The van der Waals surface area contributed by atoms with Gasteiger partial charge in [-0.3, -0.25) is 14.7 Å². The SMILES string of the molecule is CC1CC2C(=O)N(c3[nH]ncc3CN)C(=O)C2C1. The highest BCUT2D eigenvalue weighted by molar-refractivity contribution is 6.22. The lowest BCUT2D eigenvalue weighted by Crippen LogP contribution is -2.33. The van der Waals surface area contributed by atoms with Crippen LogP contribution in [0.2, 0.25) is 0 Å². The molecule has 1 aromatic rings. The molecule has 1 aliphatic heterocycles. The number of anilines is 1. The topological polar surface area (TPSA) is 92.1 Å². The predicted molar refractivity (Wildman–Crippen MR) is 64.4 cm³/mol. The molecule has 2 unspecified atom stereocenters. The number of imide groups is 1. The molecule has 0 radical (unpaired) electrons. The molecule has 96 valence electrons. The Bertz CT molecular complexity index is 486. The summed E-state index contributed by atoms with van der Waals surface area (Å²) in [5.41, 5.74) is 6.28. The second-order valence-corrected chi connectivity index (χ2v) is 5.25. The number of carbonyl (C=O) groups is 2. The monoisotopic (exact) mass is 248 g/mol. The van der Waals surface area contributed by atoms with Crippen LogP contribution in [0, 0.1) is 17.8 Å². The number of nitrogens with one attached hydrogen (secondary N) is 1. The molecule has 1 saturated heterocycles. The summed E-state index contributed by atoms with van der Waals surface area (Å²) in [6.45, 7) is 2.35. The minimum atomic E-state index is -0.151. The highest BCUT2D eigenvalue weighted by atomic mass is 16.2. The summed E-state index contributed by atoms with van der Waals surface area (Å²) in [5, 5.41) is 6.58. The van der Waals surface area contributed by atoms with Crippen molar-refractivity contribution in [3.05, 3.63) is 11.8 Å². The largest absolute Gasteiger partial charge is 0.326 e. The normalized spacial score (nSPS) is 31.2. The molecular formula is C12H16N4O2. The molecule has 2 atom stereocenters. The van der Waals surface area contributed by atoms with Gasteiger partial charge in [-0.25, -0.2) is 4.90 Å². The van der Waals surface area contributed by atoms with Crippen molar-refractivity contribution in [1.29, 1.82) is 0 Å². The van der Waals surface area contributed by atoms with Gasteiger partial charge in [0.25, 0.3) is 0 Å². The first-order valence-corrected chi connectivity index (χ1v) is 6.23. The quantitative estimate of drug-likeness (QED) is 0.741. The van der Waals surface area contributed by atoms with Crippen molar-refractivity contribution in [2.24, 2.45) is 23.5 Å². The maximum absolute atomic E-state index is 12.3.